The van der Waals surface area contributed by atoms with Crippen molar-refractivity contribution in [2.75, 3.05) is 31.2 Å². The summed E-state index contributed by atoms with van der Waals surface area (Å²) in [5.41, 5.74) is 5.05. The van der Waals surface area contributed by atoms with Crippen LogP contribution in [0.3, 0.4) is 0 Å². The van der Waals surface area contributed by atoms with Crippen LogP contribution in [0.5, 0.6) is 0 Å². The molecule has 1 saturated heterocycles. The van der Waals surface area contributed by atoms with E-state index in [0.717, 1.165) is 55.2 Å². The van der Waals surface area contributed by atoms with E-state index in [9.17, 15) is 14.7 Å². The molecular formula is C27H35N3O4. The summed E-state index contributed by atoms with van der Waals surface area (Å²) in [4.78, 5) is 30.3. The molecule has 2 aromatic rings. The summed E-state index contributed by atoms with van der Waals surface area (Å²) in [7, 11) is 0. The highest BCUT2D eigenvalue weighted by Crippen LogP contribution is 2.43. The SMILES string of the molecule is CC(=O)N1c2ccc(-c3ccc(CN4CCOCC4)cc3)cc2C(N(C(=O)O)C(C)C)CC1C. The third-order valence-corrected chi connectivity index (χ3v) is 6.90. The number of fused-ring (bicyclic) bond motifs is 1. The topological polar surface area (TPSA) is 73.3 Å². The zero-order valence-electron chi connectivity index (χ0n) is 20.5. The molecule has 1 N–H and O–H groups in total. The van der Waals surface area contributed by atoms with E-state index in [4.69, 9.17) is 4.74 Å². The molecule has 2 aliphatic rings. The minimum absolute atomic E-state index is 0.0289. The van der Waals surface area contributed by atoms with Crippen molar-refractivity contribution in [2.24, 2.45) is 0 Å². The summed E-state index contributed by atoms with van der Waals surface area (Å²) in [5, 5.41) is 9.97. The third-order valence-electron chi connectivity index (χ3n) is 6.90. The molecule has 34 heavy (non-hydrogen) atoms. The highest BCUT2D eigenvalue weighted by Gasteiger charge is 2.38. The van der Waals surface area contributed by atoms with Crippen LogP contribution in [0.25, 0.3) is 11.1 Å². The van der Waals surface area contributed by atoms with Crippen molar-refractivity contribution in [1.82, 2.24) is 9.80 Å². The number of carbonyl (C=O) groups is 2. The zero-order chi connectivity index (χ0) is 24.4. The van der Waals surface area contributed by atoms with Crippen LogP contribution >= 0.6 is 0 Å². The summed E-state index contributed by atoms with van der Waals surface area (Å²) >= 11 is 0. The molecule has 182 valence electrons. The van der Waals surface area contributed by atoms with Gasteiger partial charge in [-0.3, -0.25) is 14.6 Å². The Hall–Kier alpha value is -2.90. The minimum atomic E-state index is -0.938. The molecule has 7 heteroatoms. The van der Waals surface area contributed by atoms with E-state index < -0.39 is 6.09 Å². The summed E-state index contributed by atoms with van der Waals surface area (Å²) < 4.78 is 5.44. The molecule has 2 heterocycles. The number of carbonyl (C=O) groups excluding carboxylic acids is 1. The van der Waals surface area contributed by atoms with Gasteiger partial charge >= 0.3 is 6.09 Å². The third kappa shape index (κ3) is 4.95. The average Bonchev–Trinajstić information content (AvgIpc) is 2.79. The number of benzene rings is 2. The van der Waals surface area contributed by atoms with E-state index in [1.807, 2.05) is 32.9 Å². The van der Waals surface area contributed by atoms with Crippen molar-refractivity contribution in [1.29, 1.82) is 0 Å². The number of nitrogens with zero attached hydrogens (tertiary/aromatic N) is 3. The van der Waals surface area contributed by atoms with Crippen LogP contribution < -0.4 is 4.90 Å². The molecule has 2 aliphatic heterocycles. The predicted molar refractivity (Wildman–Crippen MR) is 133 cm³/mol. The Bertz CT molecular complexity index is 1030. The van der Waals surface area contributed by atoms with Gasteiger partial charge in [0.15, 0.2) is 0 Å². The summed E-state index contributed by atoms with van der Waals surface area (Å²) in [6, 6.07) is 14.1. The van der Waals surface area contributed by atoms with Crippen molar-refractivity contribution in [3.63, 3.8) is 0 Å². The average molecular weight is 466 g/mol. The maximum Gasteiger partial charge on any atom is 0.408 e. The number of ether oxygens (including phenoxy) is 1. The number of morpholine rings is 1. The Labute approximate surface area is 201 Å². The van der Waals surface area contributed by atoms with Gasteiger partial charge in [0, 0.05) is 44.3 Å². The largest absolute Gasteiger partial charge is 0.465 e. The lowest BCUT2D eigenvalue weighted by Crippen LogP contribution is -2.48. The summed E-state index contributed by atoms with van der Waals surface area (Å²) in [5.74, 6) is -0.0289. The van der Waals surface area contributed by atoms with Crippen molar-refractivity contribution in [2.45, 2.75) is 58.8 Å². The van der Waals surface area contributed by atoms with Gasteiger partial charge in [0.05, 0.1) is 19.3 Å². The van der Waals surface area contributed by atoms with E-state index in [-0.39, 0.29) is 24.0 Å². The molecule has 0 bridgehead atoms. The lowest BCUT2D eigenvalue weighted by Gasteiger charge is -2.43. The molecule has 0 saturated carbocycles. The van der Waals surface area contributed by atoms with Crippen LogP contribution in [0, 0.1) is 0 Å². The van der Waals surface area contributed by atoms with Gasteiger partial charge in [-0.2, -0.15) is 0 Å². The van der Waals surface area contributed by atoms with Gasteiger partial charge < -0.3 is 14.7 Å². The number of anilines is 1. The Kier molecular flexibility index (Phi) is 7.24. The molecule has 0 radical (unpaired) electrons. The lowest BCUT2D eigenvalue weighted by molar-refractivity contribution is -0.117. The zero-order valence-corrected chi connectivity index (χ0v) is 20.5. The van der Waals surface area contributed by atoms with E-state index in [1.165, 1.54) is 10.5 Å². The van der Waals surface area contributed by atoms with Crippen LogP contribution in [0.2, 0.25) is 0 Å². The van der Waals surface area contributed by atoms with Crippen LogP contribution in [-0.2, 0) is 16.1 Å². The van der Waals surface area contributed by atoms with Crippen molar-refractivity contribution in [3.8, 4) is 11.1 Å². The fourth-order valence-electron chi connectivity index (χ4n) is 5.29. The Morgan fingerprint density at radius 1 is 1.09 bits per heavy atom. The Morgan fingerprint density at radius 3 is 2.32 bits per heavy atom. The molecular weight excluding hydrogens is 430 g/mol. The second-order valence-electron chi connectivity index (χ2n) is 9.63. The van der Waals surface area contributed by atoms with E-state index in [1.54, 1.807) is 11.8 Å². The number of carboxylic acid groups (broad SMARTS) is 1. The van der Waals surface area contributed by atoms with Gasteiger partial charge in [-0.1, -0.05) is 30.3 Å². The summed E-state index contributed by atoms with van der Waals surface area (Å²) in [6.07, 6.45) is -0.369. The smallest absolute Gasteiger partial charge is 0.408 e. The van der Waals surface area contributed by atoms with Crippen LogP contribution in [0.1, 0.15) is 51.3 Å². The lowest BCUT2D eigenvalue weighted by atomic mass is 9.87. The normalized spacial score (nSPS) is 20.8. The molecule has 2 amide bonds. The van der Waals surface area contributed by atoms with Crippen molar-refractivity contribution < 1.29 is 19.4 Å². The first-order valence-electron chi connectivity index (χ1n) is 12.1. The van der Waals surface area contributed by atoms with Crippen molar-refractivity contribution in [3.05, 3.63) is 53.6 Å². The predicted octanol–water partition coefficient (Wildman–Crippen LogP) is 4.76. The van der Waals surface area contributed by atoms with Crippen LogP contribution in [0.4, 0.5) is 10.5 Å². The molecule has 4 rings (SSSR count). The highest BCUT2D eigenvalue weighted by atomic mass is 16.5. The van der Waals surface area contributed by atoms with Gasteiger partial charge in [-0.25, -0.2) is 4.79 Å². The van der Waals surface area contributed by atoms with E-state index in [2.05, 4.69) is 35.2 Å². The molecule has 2 atom stereocenters. The number of hydrogen-bond donors (Lipinski definition) is 1. The number of rotatable bonds is 5. The van der Waals surface area contributed by atoms with Crippen molar-refractivity contribution >= 4 is 17.7 Å². The molecule has 7 nitrogen and oxygen atoms in total. The standard InChI is InChI=1S/C27H35N3O4/c1-18(2)29(27(32)33)26-15-19(3)30(20(4)31)25-10-9-23(16-24(25)26)22-7-5-21(6-8-22)17-28-11-13-34-14-12-28/h5-10,16,18-19,26H,11-15,17H2,1-4H3,(H,32,33). The fourth-order valence-corrected chi connectivity index (χ4v) is 5.29. The maximum atomic E-state index is 12.5. The second-order valence-corrected chi connectivity index (χ2v) is 9.63. The molecule has 2 aromatic carbocycles. The molecule has 0 spiro atoms. The molecule has 2 unspecified atom stereocenters. The quantitative estimate of drug-likeness (QED) is 0.689. The Morgan fingerprint density at radius 2 is 1.74 bits per heavy atom. The first-order chi connectivity index (χ1) is 16.3. The fraction of sp³-hybridized carbons (Fsp3) is 0.481. The maximum absolute atomic E-state index is 12.5. The molecule has 0 aromatic heterocycles. The van der Waals surface area contributed by atoms with E-state index in [0.29, 0.717) is 6.42 Å². The monoisotopic (exact) mass is 465 g/mol. The van der Waals surface area contributed by atoms with E-state index >= 15 is 0 Å². The van der Waals surface area contributed by atoms with Gasteiger partial charge in [0.2, 0.25) is 5.91 Å². The summed E-state index contributed by atoms with van der Waals surface area (Å²) in [6.45, 7) is 11.7. The highest BCUT2D eigenvalue weighted by molar-refractivity contribution is 5.94. The first-order valence-corrected chi connectivity index (χ1v) is 12.1. The molecule has 0 aliphatic carbocycles. The minimum Gasteiger partial charge on any atom is -0.465 e. The van der Waals surface area contributed by atoms with Crippen LogP contribution in [0.15, 0.2) is 42.5 Å². The molecule has 1 fully saturated rings. The Balaban J connectivity index is 1.67. The van der Waals surface area contributed by atoms with Gasteiger partial charge in [-0.15, -0.1) is 0 Å². The van der Waals surface area contributed by atoms with Gasteiger partial charge in [-0.05, 0) is 61.6 Å². The first kappa shape index (κ1) is 24.2. The van der Waals surface area contributed by atoms with Crippen LogP contribution in [-0.4, -0.2) is 65.3 Å². The number of hydrogen-bond acceptors (Lipinski definition) is 4. The second kappa shape index (κ2) is 10.2. The number of amides is 2. The van der Waals surface area contributed by atoms with Gasteiger partial charge in [0.1, 0.15) is 0 Å². The van der Waals surface area contributed by atoms with Gasteiger partial charge in [0.25, 0.3) is 0 Å².